The zero-order chi connectivity index (χ0) is 8.97. The van der Waals surface area contributed by atoms with Gasteiger partial charge in [0.15, 0.2) is 0 Å². The first-order valence-corrected chi connectivity index (χ1v) is 4.03. The standard InChI is InChI=1S/C10H13NO/c1-3-9-5-8(7-12)6-10(4-2)11-9/h3,5-6,12H,1,4,7H2,2H3. The molecular formula is C10H13NO. The van der Waals surface area contributed by atoms with Gasteiger partial charge >= 0.3 is 0 Å². The number of hydrogen-bond donors (Lipinski definition) is 1. The third-order valence-corrected chi connectivity index (χ3v) is 1.71. The Morgan fingerprint density at radius 2 is 2.33 bits per heavy atom. The number of aromatic nitrogens is 1. The van der Waals surface area contributed by atoms with Crippen molar-refractivity contribution in [3.05, 3.63) is 35.7 Å². The van der Waals surface area contributed by atoms with Gasteiger partial charge < -0.3 is 5.11 Å². The maximum atomic E-state index is 8.92. The van der Waals surface area contributed by atoms with Crippen LogP contribution >= 0.6 is 0 Å². The van der Waals surface area contributed by atoms with E-state index in [1.54, 1.807) is 6.08 Å². The van der Waals surface area contributed by atoms with Crippen molar-refractivity contribution < 1.29 is 5.11 Å². The SMILES string of the molecule is C=Cc1cc(CO)cc(CC)n1. The molecule has 12 heavy (non-hydrogen) atoms. The van der Waals surface area contributed by atoms with E-state index in [-0.39, 0.29) is 6.61 Å². The Hall–Kier alpha value is -1.15. The summed E-state index contributed by atoms with van der Waals surface area (Å²) >= 11 is 0. The molecule has 0 saturated carbocycles. The summed E-state index contributed by atoms with van der Waals surface area (Å²) in [6.45, 7) is 5.74. The molecule has 1 N–H and O–H groups in total. The minimum Gasteiger partial charge on any atom is -0.392 e. The zero-order valence-corrected chi connectivity index (χ0v) is 7.25. The summed E-state index contributed by atoms with van der Waals surface area (Å²) in [7, 11) is 0. The number of nitrogens with zero attached hydrogens (tertiary/aromatic N) is 1. The molecule has 0 unspecified atom stereocenters. The molecule has 0 aliphatic heterocycles. The molecule has 0 bridgehead atoms. The molecule has 0 amide bonds. The number of hydrogen-bond acceptors (Lipinski definition) is 2. The molecule has 0 fully saturated rings. The molecule has 0 spiro atoms. The summed E-state index contributed by atoms with van der Waals surface area (Å²) in [5, 5.41) is 8.92. The van der Waals surface area contributed by atoms with E-state index in [0.29, 0.717) is 0 Å². The fraction of sp³-hybridized carbons (Fsp3) is 0.300. The van der Waals surface area contributed by atoms with Gasteiger partial charge in [0.2, 0.25) is 0 Å². The smallest absolute Gasteiger partial charge is 0.0683 e. The largest absolute Gasteiger partial charge is 0.392 e. The second kappa shape index (κ2) is 4.02. The lowest BCUT2D eigenvalue weighted by Crippen LogP contribution is -1.94. The van der Waals surface area contributed by atoms with E-state index in [1.807, 2.05) is 19.1 Å². The van der Waals surface area contributed by atoms with Crippen molar-refractivity contribution in [1.82, 2.24) is 4.98 Å². The molecule has 64 valence electrons. The van der Waals surface area contributed by atoms with E-state index in [0.717, 1.165) is 23.4 Å². The molecule has 2 heteroatoms. The molecular weight excluding hydrogens is 150 g/mol. The molecule has 1 aromatic heterocycles. The molecule has 0 atom stereocenters. The Labute approximate surface area is 72.6 Å². The Kier molecular flexibility index (Phi) is 3.00. The zero-order valence-electron chi connectivity index (χ0n) is 7.25. The third-order valence-electron chi connectivity index (χ3n) is 1.71. The first-order valence-electron chi connectivity index (χ1n) is 4.03. The number of aryl methyl sites for hydroxylation is 1. The molecule has 0 aliphatic carbocycles. The van der Waals surface area contributed by atoms with Gasteiger partial charge in [-0.25, -0.2) is 0 Å². The maximum absolute atomic E-state index is 8.92. The summed E-state index contributed by atoms with van der Waals surface area (Å²) < 4.78 is 0. The average Bonchev–Trinajstić information content (AvgIpc) is 2.16. The molecule has 0 radical (unpaired) electrons. The van der Waals surface area contributed by atoms with Crippen molar-refractivity contribution in [2.45, 2.75) is 20.0 Å². The van der Waals surface area contributed by atoms with Crippen molar-refractivity contribution >= 4 is 6.08 Å². The number of rotatable bonds is 3. The Bertz CT molecular complexity index is 259. The van der Waals surface area contributed by atoms with Crippen LogP contribution in [0.4, 0.5) is 0 Å². The first-order chi connectivity index (χ1) is 5.80. The van der Waals surface area contributed by atoms with Crippen molar-refractivity contribution in [2.75, 3.05) is 0 Å². The topological polar surface area (TPSA) is 33.1 Å². The van der Waals surface area contributed by atoms with E-state index >= 15 is 0 Å². The van der Waals surface area contributed by atoms with Crippen LogP contribution in [0.1, 0.15) is 23.9 Å². The van der Waals surface area contributed by atoms with Crippen LogP contribution in [0.5, 0.6) is 0 Å². The number of pyridine rings is 1. The van der Waals surface area contributed by atoms with Gasteiger partial charge in [-0.05, 0) is 30.2 Å². The highest BCUT2D eigenvalue weighted by Gasteiger charge is 1.97. The van der Waals surface area contributed by atoms with Gasteiger partial charge in [-0.1, -0.05) is 13.5 Å². The summed E-state index contributed by atoms with van der Waals surface area (Å²) in [5.41, 5.74) is 2.73. The van der Waals surface area contributed by atoms with Crippen LogP contribution in [0, 0.1) is 0 Å². The first kappa shape index (κ1) is 8.94. The highest BCUT2D eigenvalue weighted by atomic mass is 16.3. The van der Waals surface area contributed by atoms with E-state index in [4.69, 9.17) is 5.11 Å². The van der Waals surface area contributed by atoms with Gasteiger partial charge in [0.25, 0.3) is 0 Å². The van der Waals surface area contributed by atoms with Crippen LogP contribution < -0.4 is 0 Å². The minimum atomic E-state index is 0.0658. The van der Waals surface area contributed by atoms with Crippen LogP contribution in [0.15, 0.2) is 18.7 Å². The van der Waals surface area contributed by atoms with Crippen molar-refractivity contribution in [3.8, 4) is 0 Å². The number of aliphatic hydroxyl groups is 1. The van der Waals surface area contributed by atoms with E-state index in [2.05, 4.69) is 11.6 Å². The average molecular weight is 163 g/mol. The summed E-state index contributed by atoms with van der Waals surface area (Å²) in [4.78, 5) is 4.29. The van der Waals surface area contributed by atoms with E-state index in [1.165, 1.54) is 0 Å². The second-order valence-corrected chi connectivity index (χ2v) is 2.61. The van der Waals surface area contributed by atoms with Gasteiger partial charge in [-0.2, -0.15) is 0 Å². The molecule has 1 heterocycles. The highest BCUT2D eigenvalue weighted by Crippen LogP contribution is 2.07. The monoisotopic (exact) mass is 163 g/mol. The lowest BCUT2D eigenvalue weighted by atomic mass is 10.2. The quantitative estimate of drug-likeness (QED) is 0.736. The van der Waals surface area contributed by atoms with E-state index in [9.17, 15) is 0 Å². The molecule has 0 saturated heterocycles. The van der Waals surface area contributed by atoms with Gasteiger partial charge in [0.1, 0.15) is 0 Å². The lowest BCUT2D eigenvalue weighted by molar-refractivity contribution is 0.281. The van der Waals surface area contributed by atoms with Crippen LogP contribution in [-0.4, -0.2) is 10.1 Å². The van der Waals surface area contributed by atoms with Crippen LogP contribution in [0.2, 0.25) is 0 Å². The van der Waals surface area contributed by atoms with Gasteiger partial charge in [-0.15, -0.1) is 0 Å². The predicted octanol–water partition coefficient (Wildman–Crippen LogP) is 1.78. The predicted molar refractivity (Wildman–Crippen MR) is 49.6 cm³/mol. The Morgan fingerprint density at radius 1 is 1.58 bits per heavy atom. The van der Waals surface area contributed by atoms with Crippen LogP contribution in [0.3, 0.4) is 0 Å². The molecule has 0 aromatic carbocycles. The molecule has 2 nitrogen and oxygen atoms in total. The van der Waals surface area contributed by atoms with Crippen LogP contribution in [0.25, 0.3) is 6.08 Å². The van der Waals surface area contributed by atoms with Crippen LogP contribution in [-0.2, 0) is 13.0 Å². The van der Waals surface area contributed by atoms with Gasteiger partial charge in [-0.3, -0.25) is 4.98 Å². The molecule has 0 aliphatic rings. The summed E-state index contributed by atoms with van der Waals surface area (Å²) in [5.74, 6) is 0. The summed E-state index contributed by atoms with van der Waals surface area (Å²) in [6, 6.07) is 3.75. The van der Waals surface area contributed by atoms with E-state index < -0.39 is 0 Å². The lowest BCUT2D eigenvalue weighted by Gasteiger charge is -2.02. The minimum absolute atomic E-state index is 0.0658. The van der Waals surface area contributed by atoms with Gasteiger partial charge in [0.05, 0.1) is 12.3 Å². The normalized spacial score (nSPS) is 9.83. The summed E-state index contributed by atoms with van der Waals surface area (Å²) in [6.07, 6.45) is 2.58. The third kappa shape index (κ3) is 1.92. The molecule has 1 aromatic rings. The fourth-order valence-electron chi connectivity index (χ4n) is 1.05. The number of aliphatic hydroxyl groups excluding tert-OH is 1. The highest BCUT2D eigenvalue weighted by molar-refractivity contribution is 5.43. The Balaban J connectivity index is 3.09. The van der Waals surface area contributed by atoms with Crippen molar-refractivity contribution in [2.24, 2.45) is 0 Å². The fourth-order valence-corrected chi connectivity index (χ4v) is 1.05. The van der Waals surface area contributed by atoms with Crippen molar-refractivity contribution in [3.63, 3.8) is 0 Å². The van der Waals surface area contributed by atoms with Crippen molar-refractivity contribution in [1.29, 1.82) is 0 Å². The van der Waals surface area contributed by atoms with Gasteiger partial charge in [0, 0.05) is 5.69 Å². The molecule has 1 rings (SSSR count). The Morgan fingerprint density at radius 3 is 2.83 bits per heavy atom. The second-order valence-electron chi connectivity index (χ2n) is 2.61. The maximum Gasteiger partial charge on any atom is 0.0683 e.